The molecule has 2 heterocycles. The van der Waals surface area contributed by atoms with E-state index in [1.54, 1.807) is 22.7 Å². The van der Waals surface area contributed by atoms with Crippen molar-refractivity contribution in [2.24, 2.45) is 5.92 Å². The smallest absolute Gasteiger partial charge is 0.410 e. The van der Waals surface area contributed by atoms with Crippen molar-refractivity contribution in [3.63, 3.8) is 0 Å². The Morgan fingerprint density at radius 1 is 1.50 bits per heavy atom. The normalized spacial score (nSPS) is 17.7. The number of imidazole rings is 1. The van der Waals surface area contributed by atoms with E-state index in [0.717, 1.165) is 17.3 Å². The quantitative estimate of drug-likeness (QED) is 0.493. The average molecular weight is 378 g/mol. The van der Waals surface area contributed by atoms with Gasteiger partial charge in [-0.05, 0) is 39.2 Å². The second-order valence-electron chi connectivity index (χ2n) is 7.39. The molecule has 1 aromatic heterocycles. The zero-order valence-corrected chi connectivity index (χ0v) is 15.8. The number of ether oxygens (including phenoxy) is 1. The summed E-state index contributed by atoms with van der Waals surface area (Å²) in [6.07, 6.45) is 0.666. The number of carbonyl (C=O) groups is 1. The minimum absolute atomic E-state index is 0.0431. The first-order chi connectivity index (χ1) is 12.2. The van der Waals surface area contributed by atoms with Crippen molar-refractivity contribution in [2.45, 2.75) is 37.9 Å². The van der Waals surface area contributed by atoms with Crippen LogP contribution in [0.25, 0.3) is 11.0 Å². The molecular weight excluding hydrogens is 356 g/mol. The second-order valence-corrected chi connectivity index (χ2v) is 8.40. The van der Waals surface area contributed by atoms with Gasteiger partial charge < -0.3 is 14.6 Å². The summed E-state index contributed by atoms with van der Waals surface area (Å²) in [6.45, 7) is 6.96. The lowest BCUT2D eigenvalue weighted by Crippen LogP contribution is -2.35. The number of thioether (sulfide) groups is 1. The molecule has 0 saturated carbocycles. The number of likely N-dealkylation sites (tertiary alicyclic amines) is 1. The third-order valence-electron chi connectivity index (χ3n) is 4.05. The van der Waals surface area contributed by atoms with Crippen molar-refractivity contribution in [2.75, 3.05) is 18.8 Å². The van der Waals surface area contributed by atoms with Crippen molar-refractivity contribution in [1.82, 2.24) is 14.9 Å². The van der Waals surface area contributed by atoms with Crippen molar-refractivity contribution in [1.29, 1.82) is 0 Å². The summed E-state index contributed by atoms with van der Waals surface area (Å²) in [6, 6.07) is 4.59. The molecule has 1 saturated heterocycles. The van der Waals surface area contributed by atoms with Crippen LogP contribution in [0.1, 0.15) is 27.2 Å². The molecule has 1 atom stereocenters. The number of amides is 1. The van der Waals surface area contributed by atoms with E-state index in [1.165, 1.54) is 12.1 Å². The second kappa shape index (κ2) is 7.14. The van der Waals surface area contributed by atoms with E-state index >= 15 is 0 Å². The summed E-state index contributed by atoms with van der Waals surface area (Å²) >= 11 is 1.57. The summed E-state index contributed by atoms with van der Waals surface area (Å²) in [4.78, 5) is 31.9. The van der Waals surface area contributed by atoms with Crippen LogP contribution in [-0.2, 0) is 4.74 Å². The van der Waals surface area contributed by atoms with Crippen LogP contribution >= 0.6 is 11.8 Å². The van der Waals surface area contributed by atoms with E-state index in [-0.39, 0.29) is 11.8 Å². The molecule has 0 radical (unpaired) electrons. The Labute approximate surface area is 155 Å². The van der Waals surface area contributed by atoms with Gasteiger partial charge in [-0.15, -0.1) is 0 Å². The molecule has 0 bridgehead atoms. The Morgan fingerprint density at radius 2 is 2.27 bits per heavy atom. The summed E-state index contributed by atoms with van der Waals surface area (Å²) in [5, 5.41) is 11.6. The van der Waals surface area contributed by atoms with Gasteiger partial charge in [0, 0.05) is 31.0 Å². The molecule has 8 nitrogen and oxygen atoms in total. The van der Waals surface area contributed by atoms with Crippen LogP contribution in [0, 0.1) is 16.0 Å². The predicted octanol–water partition coefficient (Wildman–Crippen LogP) is 3.82. The van der Waals surface area contributed by atoms with E-state index in [0.29, 0.717) is 30.0 Å². The molecule has 1 aliphatic heterocycles. The van der Waals surface area contributed by atoms with Gasteiger partial charge >= 0.3 is 6.09 Å². The first kappa shape index (κ1) is 18.5. The van der Waals surface area contributed by atoms with Crippen LogP contribution in [-0.4, -0.2) is 50.3 Å². The first-order valence-electron chi connectivity index (χ1n) is 8.46. The molecular formula is C17H22N4O4S. The van der Waals surface area contributed by atoms with Gasteiger partial charge in [-0.3, -0.25) is 10.1 Å². The number of benzene rings is 1. The number of nitro groups is 1. The molecule has 0 spiro atoms. The summed E-state index contributed by atoms with van der Waals surface area (Å²) in [5.41, 5.74) is 0.922. The van der Waals surface area contributed by atoms with Crippen LogP contribution in [0.4, 0.5) is 10.5 Å². The van der Waals surface area contributed by atoms with Crippen LogP contribution in [0.5, 0.6) is 0 Å². The maximum Gasteiger partial charge on any atom is 0.410 e. The van der Waals surface area contributed by atoms with Crippen LogP contribution in [0.15, 0.2) is 23.4 Å². The first-order valence-corrected chi connectivity index (χ1v) is 9.45. The monoisotopic (exact) mass is 378 g/mol. The Bertz CT molecular complexity index is 830. The SMILES string of the molecule is CC(C)(C)OC(=O)N1CCC(CSc2nc3ccc([N+](=O)[O-])cc3[nH]2)C1. The average Bonchev–Trinajstić information content (AvgIpc) is 3.17. The highest BCUT2D eigenvalue weighted by Gasteiger charge is 2.29. The highest BCUT2D eigenvalue weighted by molar-refractivity contribution is 7.99. The van der Waals surface area contributed by atoms with E-state index in [1.807, 2.05) is 20.8 Å². The molecule has 9 heteroatoms. The molecule has 2 aromatic rings. The number of non-ortho nitro benzene ring substituents is 1. The Morgan fingerprint density at radius 3 is 2.96 bits per heavy atom. The molecule has 1 fully saturated rings. The van der Waals surface area contributed by atoms with Crippen molar-refractivity contribution in [3.8, 4) is 0 Å². The number of carbonyl (C=O) groups excluding carboxylic acids is 1. The number of hydrogen-bond acceptors (Lipinski definition) is 6. The number of aromatic amines is 1. The van der Waals surface area contributed by atoms with Gasteiger partial charge in [0.05, 0.1) is 16.0 Å². The number of hydrogen-bond donors (Lipinski definition) is 1. The van der Waals surface area contributed by atoms with Crippen LogP contribution in [0.2, 0.25) is 0 Å². The molecule has 26 heavy (non-hydrogen) atoms. The van der Waals surface area contributed by atoms with E-state index in [4.69, 9.17) is 4.74 Å². The summed E-state index contributed by atoms with van der Waals surface area (Å²) in [5.74, 6) is 1.19. The van der Waals surface area contributed by atoms with Crippen molar-refractivity contribution in [3.05, 3.63) is 28.3 Å². The number of H-pyrrole nitrogens is 1. The third kappa shape index (κ3) is 4.46. The maximum absolute atomic E-state index is 12.1. The molecule has 140 valence electrons. The fourth-order valence-electron chi connectivity index (χ4n) is 2.81. The zero-order chi connectivity index (χ0) is 18.9. The number of rotatable bonds is 4. The zero-order valence-electron chi connectivity index (χ0n) is 15.0. The summed E-state index contributed by atoms with van der Waals surface area (Å²) < 4.78 is 5.41. The lowest BCUT2D eigenvalue weighted by molar-refractivity contribution is -0.384. The van der Waals surface area contributed by atoms with Gasteiger partial charge in [0.2, 0.25) is 0 Å². The van der Waals surface area contributed by atoms with Crippen LogP contribution in [0.3, 0.4) is 0 Å². The van der Waals surface area contributed by atoms with Crippen molar-refractivity contribution >= 4 is 34.6 Å². The lowest BCUT2D eigenvalue weighted by Gasteiger charge is -2.24. The van der Waals surface area contributed by atoms with Gasteiger partial charge in [-0.25, -0.2) is 9.78 Å². The molecule has 1 aromatic carbocycles. The van der Waals surface area contributed by atoms with Gasteiger partial charge in [0.1, 0.15) is 5.60 Å². The third-order valence-corrected chi connectivity index (χ3v) is 5.15. The maximum atomic E-state index is 12.1. The van der Waals surface area contributed by atoms with E-state index < -0.39 is 10.5 Å². The number of fused-ring (bicyclic) bond motifs is 1. The standard InChI is InChI=1S/C17H22N4O4S/c1-17(2,3)25-16(22)20-7-6-11(9-20)10-26-15-18-13-5-4-12(21(23)24)8-14(13)19-15/h4-5,8,11H,6-7,9-10H2,1-3H3,(H,18,19). The fourth-order valence-corrected chi connectivity index (χ4v) is 3.82. The Hall–Kier alpha value is -2.29. The lowest BCUT2D eigenvalue weighted by atomic mass is 10.2. The van der Waals surface area contributed by atoms with Gasteiger partial charge in [-0.1, -0.05) is 11.8 Å². The van der Waals surface area contributed by atoms with Gasteiger partial charge in [-0.2, -0.15) is 0 Å². The number of nitrogens with one attached hydrogen (secondary N) is 1. The topological polar surface area (TPSA) is 101 Å². The molecule has 1 aliphatic rings. The number of nitrogens with zero attached hydrogens (tertiary/aromatic N) is 3. The van der Waals surface area contributed by atoms with Crippen molar-refractivity contribution < 1.29 is 14.5 Å². The molecule has 0 aliphatic carbocycles. The predicted molar refractivity (Wildman–Crippen MR) is 99.4 cm³/mol. The van der Waals surface area contributed by atoms with E-state index in [2.05, 4.69) is 9.97 Å². The number of nitro benzene ring substituents is 1. The molecule has 1 amide bonds. The van der Waals surface area contributed by atoms with Gasteiger partial charge in [0.15, 0.2) is 5.16 Å². The van der Waals surface area contributed by atoms with Crippen LogP contribution < -0.4 is 0 Å². The van der Waals surface area contributed by atoms with Gasteiger partial charge in [0.25, 0.3) is 5.69 Å². The highest BCUT2D eigenvalue weighted by atomic mass is 32.2. The minimum Gasteiger partial charge on any atom is -0.444 e. The highest BCUT2D eigenvalue weighted by Crippen LogP contribution is 2.28. The van der Waals surface area contributed by atoms with E-state index in [9.17, 15) is 14.9 Å². The largest absolute Gasteiger partial charge is 0.444 e. The molecule has 1 unspecified atom stereocenters. The summed E-state index contributed by atoms with van der Waals surface area (Å²) in [7, 11) is 0. The Balaban J connectivity index is 1.56. The fraction of sp³-hybridized carbons (Fsp3) is 0.529. The minimum atomic E-state index is -0.485. The molecule has 3 rings (SSSR count). The Kier molecular flexibility index (Phi) is 5.08. The number of aromatic nitrogens is 2. The molecule has 1 N–H and O–H groups in total.